The fourth-order valence-electron chi connectivity index (χ4n) is 5.20. The molecule has 0 aliphatic carbocycles. The monoisotopic (exact) mass is 535 g/mol. The predicted molar refractivity (Wildman–Crippen MR) is 175 cm³/mol. The van der Waals surface area contributed by atoms with E-state index in [-0.39, 0.29) is 0 Å². The zero-order chi connectivity index (χ0) is 29.6. The van der Waals surface area contributed by atoms with E-state index in [1.54, 1.807) is 0 Å². The molecule has 0 aromatic heterocycles. The van der Waals surface area contributed by atoms with Gasteiger partial charge in [0.05, 0.1) is 6.04 Å². The van der Waals surface area contributed by atoms with Crippen LogP contribution in [0.2, 0.25) is 0 Å². The number of rotatable bonds is 16. The van der Waals surface area contributed by atoms with Gasteiger partial charge in [-0.25, -0.2) is 0 Å². The van der Waals surface area contributed by atoms with Crippen molar-refractivity contribution in [2.24, 2.45) is 11.8 Å². The average Bonchev–Trinajstić information content (AvgIpc) is 2.91. The molecular formula is C37H61NO. The van der Waals surface area contributed by atoms with Gasteiger partial charge in [-0.1, -0.05) is 145 Å². The average molecular weight is 536 g/mol. The second kappa shape index (κ2) is 22.6. The Morgan fingerprint density at radius 1 is 0.846 bits per heavy atom. The standard InChI is InChI=1S/C33H51N.C2H4O.C2H6/c1-8-10-14-30(12-9-2)24-29(7)13-11-23-34(25-26(3)4)33(31-19-15-27(5)16-20-31)32-21-17-28(6)18-22-32;1-2-3;1-2/h15-22,26,30,33H,7-14,23-25H2,1-6H3;2H,1H3;1-2H3. The highest BCUT2D eigenvalue weighted by Gasteiger charge is 2.23. The molecule has 2 nitrogen and oxygen atoms in total. The summed E-state index contributed by atoms with van der Waals surface area (Å²) in [7, 11) is 0. The Hall–Kier alpha value is -2.19. The molecule has 0 bridgehead atoms. The number of benzene rings is 2. The first kappa shape index (κ1) is 36.8. The first-order valence-electron chi connectivity index (χ1n) is 15.7. The minimum atomic E-state index is 0.300. The van der Waals surface area contributed by atoms with Crippen LogP contribution >= 0.6 is 0 Å². The van der Waals surface area contributed by atoms with Crippen LogP contribution in [-0.2, 0) is 4.79 Å². The molecule has 220 valence electrons. The highest BCUT2D eigenvalue weighted by Crippen LogP contribution is 2.31. The van der Waals surface area contributed by atoms with E-state index in [4.69, 9.17) is 4.79 Å². The molecule has 1 atom stereocenters. The molecule has 0 radical (unpaired) electrons. The molecule has 2 aromatic rings. The zero-order valence-electron chi connectivity index (χ0n) is 27.1. The van der Waals surface area contributed by atoms with Gasteiger partial charge in [-0.05, 0) is 69.5 Å². The Morgan fingerprint density at radius 3 is 1.74 bits per heavy atom. The third kappa shape index (κ3) is 15.9. The lowest BCUT2D eigenvalue weighted by molar-refractivity contribution is -0.106. The molecule has 0 spiro atoms. The smallest absolute Gasteiger partial charge is 0.116 e. The molecule has 2 heteroatoms. The molecule has 1 unspecified atom stereocenters. The maximum atomic E-state index is 8.81. The van der Waals surface area contributed by atoms with Crippen LogP contribution in [-0.4, -0.2) is 24.3 Å². The lowest BCUT2D eigenvalue weighted by atomic mass is 9.89. The minimum absolute atomic E-state index is 0.300. The van der Waals surface area contributed by atoms with Crippen LogP contribution in [0.1, 0.15) is 128 Å². The molecular weight excluding hydrogens is 474 g/mol. The summed E-state index contributed by atoms with van der Waals surface area (Å²) < 4.78 is 0. The molecule has 0 aliphatic heterocycles. The largest absolute Gasteiger partial charge is 0.304 e. The molecule has 0 amide bonds. The Balaban J connectivity index is 0.00000269. The van der Waals surface area contributed by atoms with E-state index in [0.717, 1.165) is 31.7 Å². The first-order valence-corrected chi connectivity index (χ1v) is 15.7. The highest BCUT2D eigenvalue weighted by atomic mass is 16.1. The van der Waals surface area contributed by atoms with Gasteiger partial charge in [0.2, 0.25) is 0 Å². The topological polar surface area (TPSA) is 20.3 Å². The van der Waals surface area contributed by atoms with Crippen LogP contribution in [0.3, 0.4) is 0 Å². The van der Waals surface area contributed by atoms with E-state index in [2.05, 4.69) is 102 Å². The number of nitrogens with zero attached hydrogens (tertiary/aromatic N) is 1. The van der Waals surface area contributed by atoms with Crippen LogP contribution in [0.4, 0.5) is 0 Å². The van der Waals surface area contributed by atoms with E-state index in [1.807, 2.05) is 13.8 Å². The number of hydrogen-bond donors (Lipinski definition) is 0. The Morgan fingerprint density at radius 2 is 1.33 bits per heavy atom. The highest BCUT2D eigenvalue weighted by molar-refractivity contribution is 5.44. The van der Waals surface area contributed by atoms with Crippen molar-refractivity contribution in [3.63, 3.8) is 0 Å². The summed E-state index contributed by atoms with van der Waals surface area (Å²) in [5, 5.41) is 0. The van der Waals surface area contributed by atoms with Crippen molar-refractivity contribution >= 4 is 6.29 Å². The molecule has 39 heavy (non-hydrogen) atoms. The third-order valence-corrected chi connectivity index (χ3v) is 6.97. The zero-order valence-corrected chi connectivity index (χ0v) is 27.1. The van der Waals surface area contributed by atoms with Gasteiger partial charge in [-0.2, -0.15) is 0 Å². The maximum absolute atomic E-state index is 8.81. The summed E-state index contributed by atoms with van der Waals surface area (Å²) in [6.45, 7) is 25.8. The van der Waals surface area contributed by atoms with E-state index >= 15 is 0 Å². The van der Waals surface area contributed by atoms with E-state index in [0.29, 0.717) is 12.0 Å². The molecule has 0 heterocycles. The predicted octanol–water partition coefficient (Wildman–Crippen LogP) is 10.9. The van der Waals surface area contributed by atoms with Crippen molar-refractivity contribution < 1.29 is 4.79 Å². The maximum Gasteiger partial charge on any atom is 0.116 e. The molecule has 0 N–H and O–H groups in total. The number of aryl methyl sites for hydroxylation is 2. The summed E-state index contributed by atoms with van der Waals surface area (Å²) >= 11 is 0. The lowest BCUT2D eigenvalue weighted by Gasteiger charge is -2.34. The van der Waals surface area contributed by atoms with Gasteiger partial charge in [0.15, 0.2) is 0 Å². The Bertz CT molecular complexity index is 820. The summed E-state index contributed by atoms with van der Waals surface area (Å²) in [5.41, 5.74) is 6.90. The van der Waals surface area contributed by atoms with Crippen LogP contribution in [0, 0.1) is 25.7 Å². The van der Waals surface area contributed by atoms with Crippen molar-refractivity contribution in [1.29, 1.82) is 0 Å². The number of hydrogen-bond acceptors (Lipinski definition) is 2. The van der Waals surface area contributed by atoms with Crippen LogP contribution < -0.4 is 0 Å². The van der Waals surface area contributed by atoms with Gasteiger partial charge in [0, 0.05) is 6.54 Å². The second-order valence-corrected chi connectivity index (χ2v) is 11.2. The Labute approximate surface area is 243 Å². The van der Waals surface area contributed by atoms with Crippen molar-refractivity contribution in [1.82, 2.24) is 4.90 Å². The van der Waals surface area contributed by atoms with Gasteiger partial charge in [0.1, 0.15) is 6.29 Å². The van der Waals surface area contributed by atoms with Gasteiger partial charge >= 0.3 is 0 Å². The number of unbranched alkanes of at least 4 members (excludes halogenated alkanes) is 1. The van der Waals surface area contributed by atoms with E-state index < -0.39 is 0 Å². The van der Waals surface area contributed by atoms with Crippen molar-refractivity contribution in [2.45, 2.75) is 120 Å². The molecule has 0 saturated heterocycles. The van der Waals surface area contributed by atoms with E-state index in [9.17, 15) is 0 Å². The number of carbonyl (C=O) groups excluding carboxylic acids is 1. The number of allylic oxidation sites excluding steroid dienone is 1. The first-order chi connectivity index (χ1) is 18.7. The Kier molecular flexibility index (Phi) is 21.3. The van der Waals surface area contributed by atoms with Crippen LogP contribution in [0.15, 0.2) is 60.7 Å². The summed E-state index contributed by atoms with van der Waals surface area (Å²) in [6.07, 6.45) is 11.0. The molecule has 0 aliphatic rings. The molecule has 2 aromatic carbocycles. The second-order valence-electron chi connectivity index (χ2n) is 11.2. The van der Waals surface area contributed by atoms with Crippen molar-refractivity contribution in [2.75, 3.05) is 13.1 Å². The summed E-state index contributed by atoms with van der Waals surface area (Å²) in [5.74, 6) is 1.46. The van der Waals surface area contributed by atoms with Gasteiger partial charge in [0.25, 0.3) is 0 Å². The lowest BCUT2D eigenvalue weighted by Crippen LogP contribution is -2.34. The van der Waals surface area contributed by atoms with E-state index in [1.165, 1.54) is 79.7 Å². The van der Waals surface area contributed by atoms with Gasteiger partial charge < -0.3 is 4.79 Å². The normalized spacial score (nSPS) is 11.5. The molecule has 0 saturated carbocycles. The summed E-state index contributed by atoms with van der Waals surface area (Å²) in [6, 6.07) is 18.7. The fourth-order valence-corrected chi connectivity index (χ4v) is 5.20. The van der Waals surface area contributed by atoms with Gasteiger partial charge in [-0.15, -0.1) is 0 Å². The SMILES string of the molecule is C=C(CCCN(CC(C)C)C(c1ccc(C)cc1)c1ccc(C)cc1)CC(CCC)CCCC.CC.CC=O. The number of carbonyl (C=O) groups is 1. The van der Waals surface area contributed by atoms with Crippen molar-refractivity contribution in [3.8, 4) is 0 Å². The van der Waals surface area contributed by atoms with Crippen LogP contribution in [0.25, 0.3) is 0 Å². The number of aldehydes is 1. The fraction of sp³-hybridized carbons (Fsp3) is 0.595. The van der Waals surface area contributed by atoms with Gasteiger partial charge in [-0.3, -0.25) is 4.90 Å². The minimum Gasteiger partial charge on any atom is -0.304 e. The molecule has 2 rings (SSSR count). The third-order valence-electron chi connectivity index (χ3n) is 6.97. The summed E-state index contributed by atoms with van der Waals surface area (Å²) in [4.78, 5) is 11.5. The van der Waals surface area contributed by atoms with Crippen molar-refractivity contribution in [3.05, 3.63) is 82.9 Å². The molecule has 0 fully saturated rings. The van der Waals surface area contributed by atoms with Crippen LogP contribution in [0.5, 0.6) is 0 Å². The quantitative estimate of drug-likeness (QED) is 0.157.